The molecule has 3 N–H and O–H groups in total. The fraction of sp³-hybridized carbons (Fsp3) is 1.00. The minimum absolute atomic E-state index is 0. The lowest BCUT2D eigenvalue weighted by Crippen LogP contribution is -2.43. The van der Waals surface area contributed by atoms with Gasteiger partial charge in [-0.3, -0.25) is 0 Å². The van der Waals surface area contributed by atoms with Crippen LogP contribution in [-0.4, -0.2) is 43.7 Å². The average molecular weight is 284 g/mol. The maximum absolute atomic E-state index is 5.98. The molecule has 2 fully saturated rings. The van der Waals surface area contributed by atoms with Crippen molar-refractivity contribution >= 4 is 24.8 Å². The molecule has 2 heterocycles. The third kappa shape index (κ3) is 6.25. The third-order valence-electron chi connectivity index (χ3n) is 3.85. The smallest absolute Gasteiger partial charge is 0.0168 e. The number of halogens is 2. The Morgan fingerprint density at radius 1 is 1.12 bits per heavy atom. The molecule has 2 aliphatic heterocycles. The molecule has 2 aliphatic rings. The van der Waals surface area contributed by atoms with Gasteiger partial charge in [-0.25, -0.2) is 0 Å². The topological polar surface area (TPSA) is 41.3 Å². The molecule has 0 spiro atoms. The fourth-order valence-electron chi connectivity index (χ4n) is 2.83. The summed E-state index contributed by atoms with van der Waals surface area (Å²) in [6.45, 7) is 6.14. The van der Waals surface area contributed by atoms with Gasteiger partial charge in [-0.1, -0.05) is 0 Å². The van der Waals surface area contributed by atoms with Crippen molar-refractivity contribution in [2.24, 2.45) is 11.7 Å². The number of piperidine rings is 2. The molecule has 0 radical (unpaired) electrons. The van der Waals surface area contributed by atoms with Gasteiger partial charge in [0.05, 0.1) is 0 Å². The van der Waals surface area contributed by atoms with E-state index in [1.54, 1.807) is 0 Å². The highest BCUT2D eigenvalue weighted by Crippen LogP contribution is 2.17. The largest absolute Gasteiger partial charge is 0.327 e. The normalized spacial score (nSPS) is 27.0. The predicted molar refractivity (Wildman–Crippen MR) is 78.4 cm³/mol. The molecular formula is C12H27Cl2N3. The number of hydrogen-bond acceptors (Lipinski definition) is 3. The highest BCUT2D eigenvalue weighted by atomic mass is 35.5. The van der Waals surface area contributed by atoms with E-state index in [9.17, 15) is 0 Å². The van der Waals surface area contributed by atoms with E-state index in [-0.39, 0.29) is 24.8 Å². The second kappa shape index (κ2) is 9.40. The van der Waals surface area contributed by atoms with Gasteiger partial charge in [0.25, 0.3) is 0 Å². The van der Waals surface area contributed by atoms with Crippen molar-refractivity contribution in [2.75, 3.05) is 32.7 Å². The van der Waals surface area contributed by atoms with Crippen LogP contribution in [0.1, 0.15) is 32.1 Å². The van der Waals surface area contributed by atoms with Crippen LogP contribution >= 0.6 is 24.8 Å². The Labute approximate surface area is 118 Å². The van der Waals surface area contributed by atoms with Gasteiger partial charge in [-0.2, -0.15) is 0 Å². The number of nitrogens with two attached hydrogens (primary N) is 1. The summed E-state index contributed by atoms with van der Waals surface area (Å²) in [6, 6.07) is 0.437. The van der Waals surface area contributed by atoms with Crippen molar-refractivity contribution in [3.8, 4) is 0 Å². The van der Waals surface area contributed by atoms with Crippen molar-refractivity contribution in [1.82, 2.24) is 10.2 Å². The highest BCUT2D eigenvalue weighted by molar-refractivity contribution is 5.85. The van der Waals surface area contributed by atoms with Gasteiger partial charge in [0.15, 0.2) is 0 Å². The first-order chi connectivity index (χ1) is 7.34. The molecule has 0 saturated carbocycles. The summed E-state index contributed by atoms with van der Waals surface area (Å²) in [5.41, 5.74) is 5.98. The Morgan fingerprint density at radius 2 is 1.82 bits per heavy atom. The number of nitrogens with one attached hydrogen (secondary N) is 1. The Balaban J connectivity index is 0.00000128. The quantitative estimate of drug-likeness (QED) is 0.828. The van der Waals surface area contributed by atoms with E-state index in [0.717, 1.165) is 12.5 Å². The minimum Gasteiger partial charge on any atom is -0.327 e. The van der Waals surface area contributed by atoms with Crippen LogP contribution in [0.5, 0.6) is 0 Å². The van der Waals surface area contributed by atoms with Gasteiger partial charge in [-0.05, 0) is 64.2 Å². The number of nitrogens with zero attached hydrogens (tertiary/aromatic N) is 1. The van der Waals surface area contributed by atoms with Gasteiger partial charge < -0.3 is 16.0 Å². The van der Waals surface area contributed by atoms with Crippen LogP contribution in [-0.2, 0) is 0 Å². The van der Waals surface area contributed by atoms with Crippen molar-refractivity contribution in [3.63, 3.8) is 0 Å². The first kappa shape index (κ1) is 17.5. The average Bonchev–Trinajstić information content (AvgIpc) is 2.28. The van der Waals surface area contributed by atoms with Gasteiger partial charge in [0, 0.05) is 12.6 Å². The summed E-state index contributed by atoms with van der Waals surface area (Å²) >= 11 is 0. The second-order valence-corrected chi connectivity index (χ2v) is 5.18. The number of likely N-dealkylation sites (tertiary alicyclic amines) is 1. The van der Waals surface area contributed by atoms with E-state index in [4.69, 9.17) is 5.73 Å². The van der Waals surface area contributed by atoms with E-state index in [0.29, 0.717) is 6.04 Å². The predicted octanol–water partition coefficient (Wildman–Crippen LogP) is 1.64. The number of hydrogen-bond donors (Lipinski definition) is 2. The summed E-state index contributed by atoms with van der Waals surface area (Å²) in [4.78, 5) is 2.57. The van der Waals surface area contributed by atoms with Gasteiger partial charge in [0.2, 0.25) is 0 Å². The summed E-state index contributed by atoms with van der Waals surface area (Å²) in [7, 11) is 0. The van der Waals surface area contributed by atoms with Gasteiger partial charge in [-0.15, -0.1) is 24.8 Å². The Bertz CT molecular complexity index is 187. The molecule has 1 atom stereocenters. The van der Waals surface area contributed by atoms with Crippen LogP contribution in [0, 0.1) is 5.92 Å². The molecule has 5 heteroatoms. The monoisotopic (exact) mass is 283 g/mol. The Kier molecular flexibility index (Phi) is 9.65. The summed E-state index contributed by atoms with van der Waals surface area (Å²) in [6.07, 6.45) is 6.66. The van der Waals surface area contributed by atoms with Crippen LogP contribution in [0.25, 0.3) is 0 Å². The highest BCUT2D eigenvalue weighted by Gasteiger charge is 2.18. The van der Waals surface area contributed by atoms with Crippen molar-refractivity contribution < 1.29 is 0 Å². The van der Waals surface area contributed by atoms with E-state index in [1.807, 2.05) is 0 Å². The minimum atomic E-state index is 0. The molecule has 0 aromatic carbocycles. The first-order valence-corrected chi connectivity index (χ1v) is 6.53. The fourth-order valence-corrected chi connectivity index (χ4v) is 2.83. The molecule has 0 amide bonds. The molecule has 104 valence electrons. The zero-order valence-electron chi connectivity index (χ0n) is 10.6. The van der Waals surface area contributed by atoms with Crippen molar-refractivity contribution in [1.29, 1.82) is 0 Å². The maximum Gasteiger partial charge on any atom is 0.0168 e. The third-order valence-corrected chi connectivity index (χ3v) is 3.85. The zero-order valence-corrected chi connectivity index (χ0v) is 12.2. The molecule has 0 unspecified atom stereocenters. The van der Waals surface area contributed by atoms with Gasteiger partial charge in [0.1, 0.15) is 0 Å². The van der Waals surface area contributed by atoms with Gasteiger partial charge >= 0.3 is 0 Å². The standard InChI is InChI=1S/C12H25N3.2ClH/c13-12-2-1-8-15(10-12)9-5-11-3-6-14-7-4-11;;/h11-12,14H,1-10,13H2;2*1H/t12-;;/m1../s1. The van der Waals surface area contributed by atoms with Crippen LogP contribution < -0.4 is 11.1 Å². The lowest BCUT2D eigenvalue weighted by atomic mass is 9.94. The maximum atomic E-state index is 5.98. The zero-order chi connectivity index (χ0) is 10.5. The molecule has 0 aliphatic carbocycles. The van der Waals surface area contributed by atoms with E-state index < -0.39 is 0 Å². The van der Waals surface area contributed by atoms with Crippen LogP contribution in [0.15, 0.2) is 0 Å². The molecule has 0 bridgehead atoms. The lowest BCUT2D eigenvalue weighted by molar-refractivity contribution is 0.188. The molecule has 17 heavy (non-hydrogen) atoms. The molecule has 2 saturated heterocycles. The summed E-state index contributed by atoms with van der Waals surface area (Å²) in [5.74, 6) is 0.962. The van der Waals surface area contributed by atoms with Crippen molar-refractivity contribution in [3.05, 3.63) is 0 Å². The number of rotatable bonds is 3. The SMILES string of the molecule is Cl.Cl.N[C@@H]1CCCN(CCC2CCNCC2)C1. The van der Waals surface area contributed by atoms with Crippen molar-refractivity contribution in [2.45, 2.75) is 38.1 Å². The van der Waals surface area contributed by atoms with E-state index in [1.165, 1.54) is 58.3 Å². The first-order valence-electron chi connectivity index (χ1n) is 6.53. The molecule has 0 aromatic heterocycles. The Hall–Kier alpha value is 0.460. The van der Waals surface area contributed by atoms with Crippen LogP contribution in [0.3, 0.4) is 0 Å². The van der Waals surface area contributed by atoms with E-state index in [2.05, 4.69) is 10.2 Å². The van der Waals surface area contributed by atoms with E-state index >= 15 is 0 Å². The summed E-state index contributed by atoms with van der Waals surface area (Å²) < 4.78 is 0. The molecule has 2 rings (SSSR count). The summed E-state index contributed by atoms with van der Waals surface area (Å²) in [5, 5.41) is 3.43. The second-order valence-electron chi connectivity index (χ2n) is 5.18. The molecular weight excluding hydrogens is 257 g/mol. The van der Waals surface area contributed by atoms with Crippen LogP contribution in [0.4, 0.5) is 0 Å². The molecule has 0 aromatic rings. The molecule has 3 nitrogen and oxygen atoms in total. The van der Waals surface area contributed by atoms with Crippen LogP contribution in [0.2, 0.25) is 0 Å². The lowest BCUT2D eigenvalue weighted by Gasteiger charge is -2.32. The Morgan fingerprint density at radius 3 is 2.47 bits per heavy atom.